The summed E-state index contributed by atoms with van der Waals surface area (Å²) in [6.45, 7) is 5.12. The van der Waals surface area contributed by atoms with Crippen molar-refractivity contribution >= 4 is 0 Å². The van der Waals surface area contributed by atoms with Gasteiger partial charge < -0.3 is 10.3 Å². The minimum atomic E-state index is 0.685. The highest BCUT2D eigenvalue weighted by atomic mass is 15.0. The first-order chi connectivity index (χ1) is 9.72. The van der Waals surface area contributed by atoms with Gasteiger partial charge in [-0.25, -0.2) is 4.98 Å². The number of rotatable bonds is 4. The van der Waals surface area contributed by atoms with Gasteiger partial charge in [-0.1, -0.05) is 36.6 Å². The highest BCUT2D eigenvalue weighted by molar-refractivity contribution is 5.63. The fourth-order valence-corrected chi connectivity index (χ4v) is 3.08. The van der Waals surface area contributed by atoms with E-state index in [0.29, 0.717) is 6.04 Å². The minimum absolute atomic E-state index is 0.685. The van der Waals surface area contributed by atoms with Crippen LogP contribution >= 0.6 is 0 Å². The largest absolute Gasteiger partial charge is 0.341 e. The molecule has 0 saturated heterocycles. The van der Waals surface area contributed by atoms with Crippen LogP contribution in [0.5, 0.6) is 0 Å². The number of hydrogen-bond acceptors (Lipinski definition) is 2. The number of hydrogen-bond donors (Lipinski definition) is 2. The first kappa shape index (κ1) is 13.4. The van der Waals surface area contributed by atoms with E-state index in [1.807, 2.05) is 6.20 Å². The van der Waals surface area contributed by atoms with Gasteiger partial charge in [0, 0.05) is 11.6 Å². The number of nitrogens with zero attached hydrogens (tertiary/aromatic N) is 1. The Morgan fingerprint density at radius 3 is 2.80 bits per heavy atom. The lowest BCUT2D eigenvalue weighted by Crippen LogP contribution is -2.25. The van der Waals surface area contributed by atoms with Crippen LogP contribution in [0.3, 0.4) is 0 Å². The van der Waals surface area contributed by atoms with Crippen molar-refractivity contribution in [2.45, 2.75) is 52.1 Å². The molecule has 3 nitrogen and oxygen atoms in total. The third kappa shape index (κ3) is 2.93. The van der Waals surface area contributed by atoms with E-state index in [1.165, 1.54) is 42.4 Å². The van der Waals surface area contributed by atoms with Gasteiger partial charge in [-0.3, -0.25) is 0 Å². The molecule has 3 rings (SSSR count). The summed E-state index contributed by atoms with van der Waals surface area (Å²) in [5, 5.41) is 3.59. The summed E-state index contributed by atoms with van der Waals surface area (Å²) in [5.74, 6) is 1.03. The summed E-state index contributed by atoms with van der Waals surface area (Å²) < 4.78 is 0. The van der Waals surface area contributed by atoms with E-state index in [-0.39, 0.29) is 0 Å². The first-order valence-corrected chi connectivity index (χ1v) is 7.57. The predicted molar refractivity (Wildman–Crippen MR) is 82.6 cm³/mol. The predicted octanol–water partition coefficient (Wildman–Crippen LogP) is 3.73. The van der Waals surface area contributed by atoms with Gasteiger partial charge in [0.1, 0.15) is 5.82 Å². The number of aryl methyl sites for hydroxylation is 2. The van der Waals surface area contributed by atoms with Gasteiger partial charge in [0.25, 0.3) is 0 Å². The molecule has 2 aromatic rings. The molecule has 1 aliphatic carbocycles. The van der Waals surface area contributed by atoms with Crippen molar-refractivity contribution in [3.63, 3.8) is 0 Å². The number of H-pyrrole nitrogens is 1. The van der Waals surface area contributed by atoms with Crippen LogP contribution < -0.4 is 5.32 Å². The van der Waals surface area contributed by atoms with E-state index in [0.717, 1.165) is 18.1 Å². The van der Waals surface area contributed by atoms with Crippen molar-refractivity contribution in [2.75, 3.05) is 0 Å². The van der Waals surface area contributed by atoms with Crippen LogP contribution in [0.4, 0.5) is 0 Å². The second-order valence-electron chi connectivity index (χ2n) is 5.92. The second-order valence-corrected chi connectivity index (χ2v) is 5.92. The number of imidazole rings is 1. The van der Waals surface area contributed by atoms with E-state index >= 15 is 0 Å². The van der Waals surface area contributed by atoms with Crippen molar-refractivity contribution in [1.82, 2.24) is 15.3 Å². The number of aromatic nitrogens is 2. The Balaban J connectivity index is 1.69. The molecule has 0 amide bonds. The smallest absolute Gasteiger partial charge is 0.120 e. The van der Waals surface area contributed by atoms with Crippen LogP contribution in [0.15, 0.2) is 24.4 Å². The molecule has 0 aliphatic heterocycles. The molecule has 1 aromatic carbocycles. The maximum Gasteiger partial charge on any atom is 0.120 e. The van der Waals surface area contributed by atoms with Gasteiger partial charge in [0.15, 0.2) is 0 Å². The Morgan fingerprint density at radius 2 is 2.05 bits per heavy atom. The van der Waals surface area contributed by atoms with Crippen molar-refractivity contribution in [2.24, 2.45) is 0 Å². The standard InChI is InChI=1S/C17H23N3/c1-12-7-8-15(13(2)9-12)16-10-19-17(20-16)11-18-14-5-3-4-6-14/h7-10,14,18H,3-6,11H2,1-2H3,(H,19,20). The van der Waals surface area contributed by atoms with Crippen LogP contribution in [0, 0.1) is 13.8 Å². The highest BCUT2D eigenvalue weighted by Gasteiger charge is 2.14. The molecular formula is C17H23N3. The number of aromatic amines is 1. The Morgan fingerprint density at radius 1 is 1.25 bits per heavy atom. The SMILES string of the molecule is Cc1ccc(-c2cnc(CNC3CCCC3)[nH]2)c(C)c1. The zero-order valence-corrected chi connectivity index (χ0v) is 12.4. The molecule has 1 heterocycles. The molecule has 106 valence electrons. The molecule has 3 heteroatoms. The van der Waals surface area contributed by atoms with Crippen molar-refractivity contribution in [3.05, 3.63) is 41.3 Å². The topological polar surface area (TPSA) is 40.7 Å². The molecule has 1 saturated carbocycles. The average molecular weight is 269 g/mol. The van der Waals surface area contributed by atoms with Crippen molar-refractivity contribution in [3.8, 4) is 11.3 Å². The van der Waals surface area contributed by atoms with E-state index in [4.69, 9.17) is 0 Å². The molecule has 2 N–H and O–H groups in total. The molecule has 0 bridgehead atoms. The van der Waals surface area contributed by atoms with Gasteiger partial charge in [0.2, 0.25) is 0 Å². The van der Waals surface area contributed by atoms with E-state index in [9.17, 15) is 0 Å². The van der Waals surface area contributed by atoms with Crippen LogP contribution in [0.2, 0.25) is 0 Å². The molecule has 0 atom stereocenters. The number of benzene rings is 1. The van der Waals surface area contributed by atoms with Crippen LogP contribution in [-0.2, 0) is 6.54 Å². The van der Waals surface area contributed by atoms with E-state index in [1.54, 1.807) is 0 Å². The molecule has 0 radical (unpaired) electrons. The summed E-state index contributed by atoms with van der Waals surface area (Å²) in [5.41, 5.74) is 4.96. The molecule has 1 aromatic heterocycles. The molecule has 1 fully saturated rings. The Hall–Kier alpha value is -1.61. The van der Waals surface area contributed by atoms with Gasteiger partial charge >= 0.3 is 0 Å². The zero-order valence-electron chi connectivity index (χ0n) is 12.4. The molecular weight excluding hydrogens is 246 g/mol. The molecule has 0 unspecified atom stereocenters. The lowest BCUT2D eigenvalue weighted by molar-refractivity contribution is 0.515. The highest BCUT2D eigenvalue weighted by Crippen LogP contribution is 2.23. The second kappa shape index (κ2) is 5.80. The lowest BCUT2D eigenvalue weighted by atomic mass is 10.0. The summed E-state index contributed by atoms with van der Waals surface area (Å²) in [7, 11) is 0. The maximum absolute atomic E-state index is 4.50. The fraction of sp³-hybridized carbons (Fsp3) is 0.471. The normalized spacial score (nSPS) is 15.9. The fourth-order valence-electron chi connectivity index (χ4n) is 3.08. The van der Waals surface area contributed by atoms with Crippen molar-refractivity contribution in [1.29, 1.82) is 0 Å². The van der Waals surface area contributed by atoms with Gasteiger partial charge in [0.05, 0.1) is 18.4 Å². The number of nitrogens with one attached hydrogen (secondary N) is 2. The molecule has 0 spiro atoms. The van der Waals surface area contributed by atoms with E-state index < -0.39 is 0 Å². The molecule has 20 heavy (non-hydrogen) atoms. The third-order valence-corrected chi connectivity index (χ3v) is 4.21. The van der Waals surface area contributed by atoms with E-state index in [2.05, 4.69) is 47.3 Å². The summed E-state index contributed by atoms with van der Waals surface area (Å²) in [4.78, 5) is 7.94. The zero-order chi connectivity index (χ0) is 13.9. The lowest BCUT2D eigenvalue weighted by Gasteiger charge is -2.09. The summed E-state index contributed by atoms with van der Waals surface area (Å²) in [6, 6.07) is 7.23. The average Bonchev–Trinajstić information content (AvgIpc) is 3.07. The van der Waals surface area contributed by atoms with Gasteiger partial charge in [-0.2, -0.15) is 0 Å². The van der Waals surface area contributed by atoms with Crippen LogP contribution in [0.1, 0.15) is 42.6 Å². The first-order valence-electron chi connectivity index (χ1n) is 7.57. The molecule has 1 aliphatic rings. The summed E-state index contributed by atoms with van der Waals surface area (Å²) >= 11 is 0. The quantitative estimate of drug-likeness (QED) is 0.888. The third-order valence-electron chi connectivity index (χ3n) is 4.21. The Bertz CT molecular complexity index is 580. The van der Waals surface area contributed by atoms with Gasteiger partial charge in [-0.15, -0.1) is 0 Å². The Kier molecular flexibility index (Phi) is 3.88. The monoisotopic (exact) mass is 269 g/mol. The van der Waals surface area contributed by atoms with Crippen LogP contribution in [-0.4, -0.2) is 16.0 Å². The maximum atomic E-state index is 4.50. The van der Waals surface area contributed by atoms with Crippen molar-refractivity contribution < 1.29 is 0 Å². The van der Waals surface area contributed by atoms with Crippen LogP contribution in [0.25, 0.3) is 11.3 Å². The Labute approximate surface area is 120 Å². The van der Waals surface area contributed by atoms with Gasteiger partial charge in [-0.05, 0) is 32.3 Å². The summed E-state index contributed by atoms with van der Waals surface area (Å²) in [6.07, 6.45) is 7.30. The minimum Gasteiger partial charge on any atom is -0.341 e.